The van der Waals surface area contributed by atoms with Gasteiger partial charge in [0.15, 0.2) is 0 Å². The summed E-state index contributed by atoms with van der Waals surface area (Å²) in [6.45, 7) is 7.46. The van der Waals surface area contributed by atoms with Crippen molar-refractivity contribution >= 4 is 11.8 Å². The number of ether oxygens (including phenoxy) is 1. The zero-order valence-corrected chi connectivity index (χ0v) is 20.8. The maximum atomic E-state index is 13.5. The molecule has 1 saturated carbocycles. The summed E-state index contributed by atoms with van der Waals surface area (Å²) in [5.74, 6) is 0.605. The number of nitrogens with zero attached hydrogens (tertiary/aromatic N) is 3. The van der Waals surface area contributed by atoms with E-state index in [4.69, 9.17) is 9.84 Å². The number of likely N-dealkylation sites (N-methyl/N-ethyl adjacent to an activating group) is 1. The molecular formula is C27H38N4O3. The number of fused-ring (bicyclic) bond motifs is 1. The van der Waals surface area contributed by atoms with Crippen molar-refractivity contribution in [1.29, 1.82) is 0 Å². The van der Waals surface area contributed by atoms with Crippen molar-refractivity contribution in [3.05, 3.63) is 36.0 Å². The van der Waals surface area contributed by atoms with Crippen LogP contribution < -0.4 is 10.1 Å². The molecule has 2 heterocycles. The molecule has 184 valence electrons. The summed E-state index contributed by atoms with van der Waals surface area (Å²) in [5.41, 5.74) is 1.21. The number of benzene rings is 1. The second kappa shape index (κ2) is 10.6. The van der Waals surface area contributed by atoms with Crippen LogP contribution in [0.1, 0.15) is 82.6 Å². The summed E-state index contributed by atoms with van der Waals surface area (Å²) in [6.07, 6.45) is 8.90. The van der Waals surface area contributed by atoms with E-state index in [0.717, 1.165) is 55.5 Å². The molecule has 7 heteroatoms. The average molecular weight is 467 g/mol. The number of nitrogens with one attached hydrogen (secondary N) is 1. The van der Waals surface area contributed by atoms with E-state index in [1.165, 1.54) is 12.8 Å². The molecule has 4 rings (SSSR count). The fourth-order valence-electron chi connectivity index (χ4n) is 5.10. The standard InChI is InChI=1S/C27H38N4O3/c1-4-6-17-34-22-15-13-20(14-16-22)23-18-24-25(32)30(5-2)27(3,19-31(24)29-23)26(33)28-21-11-9-7-8-10-12-21/h13-16,18,21H,4-12,17,19H2,1-3H3,(H,28,33). The van der Waals surface area contributed by atoms with Crippen molar-refractivity contribution in [2.45, 2.75) is 90.3 Å². The maximum Gasteiger partial charge on any atom is 0.273 e. The summed E-state index contributed by atoms with van der Waals surface area (Å²) >= 11 is 0. The van der Waals surface area contributed by atoms with Crippen molar-refractivity contribution in [2.75, 3.05) is 13.2 Å². The monoisotopic (exact) mass is 466 g/mol. The molecule has 34 heavy (non-hydrogen) atoms. The fourth-order valence-corrected chi connectivity index (χ4v) is 5.10. The average Bonchev–Trinajstić information content (AvgIpc) is 3.08. The Balaban J connectivity index is 1.54. The van der Waals surface area contributed by atoms with Crippen LogP contribution in [-0.4, -0.2) is 51.2 Å². The van der Waals surface area contributed by atoms with Crippen LogP contribution in [0.3, 0.4) is 0 Å². The number of amides is 2. The Morgan fingerprint density at radius 1 is 1.15 bits per heavy atom. The Hall–Kier alpha value is -2.83. The van der Waals surface area contributed by atoms with Crippen LogP contribution in [-0.2, 0) is 11.3 Å². The van der Waals surface area contributed by atoms with Gasteiger partial charge in [0.1, 0.15) is 17.0 Å². The molecule has 2 aliphatic rings. The summed E-state index contributed by atoms with van der Waals surface area (Å²) in [4.78, 5) is 28.6. The van der Waals surface area contributed by atoms with E-state index in [-0.39, 0.29) is 17.9 Å². The third kappa shape index (κ3) is 4.98. The highest BCUT2D eigenvalue weighted by Gasteiger charge is 2.47. The number of hydrogen-bond acceptors (Lipinski definition) is 4. The predicted molar refractivity (Wildman–Crippen MR) is 133 cm³/mol. The van der Waals surface area contributed by atoms with Gasteiger partial charge in [-0.05, 0) is 63.4 Å². The second-order valence-electron chi connectivity index (χ2n) is 9.78. The Morgan fingerprint density at radius 3 is 2.50 bits per heavy atom. The van der Waals surface area contributed by atoms with E-state index in [1.807, 2.05) is 44.2 Å². The predicted octanol–water partition coefficient (Wildman–Crippen LogP) is 4.80. The summed E-state index contributed by atoms with van der Waals surface area (Å²) in [6, 6.07) is 9.83. The number of unbranched alkanes of at least 4 members (excludes halogenated alkanes) is 1. The van der Waals surface area contributed by atoms with Gasteiger partial charge >= 0.3 is 0 Å². The highest BCUT2D eigenvalue weighted by atomic mass is 16.5. The lowest BCUT2D eigenvalue weighted by molar-refractivity contribution is -0.133. The molecular weight excluding hydrogens is 428 g/mol. The third-order valence-corrected chi connectivity index (χ3v) is 7.21. The van der Waals surface area contributed by atoms with Crippen LogP contribution in [0.15, 0.2) is 30.3 Å². The van der Waals surface area contributed by atoms with Crippen molar-refractivity contribution in [1.82, 2.24) is 20.0 Å². The van der Waals surface area contributed by atoms with E-state index in [9.17, 15) is 9.59 Å². The molecule has 0 bridgehead atoms. The van der Waals surface area contributed by atoms with Crippen molar-refractivity contribution in [3.63, 3.8) is 0 Å². The van der Waals surface area contributed by atoms with Gasteiger partial charge < -0.3 is 15.0 Å². The number of aromatic nitrogens is 2. The van der Waals surface area contributed by atoms with Gasteiger partial charge in [0.25, 0.3) is 5.91 Å². The lowest BCUT2D eigenvalue weighted by atomic mass is 9.94. The molecule has 7 nitrogen and oxygen atoms in total. The molecule has 0 saturated heterocycles. The lowest BCUT2D eigenvalue weighted by Gasteiger charge is -2.43. The van der Waals surface area contributed by atoms with Gasteiger partial charge in [0.05, 0.1) is 18.8 Å². The van der Waals surface area contributed by atoms with E-state index in [2.05, 4.69) is 12.2 Å². The van der Waals surface area contributed by atoms with Gasteiger partial charge in [-0.25, -0.2) is 0 Å². The minimum absolute atomic E-state index is 0.0779. The molecule has 0 spiro atoms. The topological polar surface area (TPSA) is 76.5 Å². The zero-order valence-electron chi connectivity index (χ0n) is 20.8. The highest BCUT2D eigenvalue weighted by molar-refractivity contribution is 6.00. The minimum atomic E-state index is -0.967. The molecule has 2 amide bonds. The first-order chi connectivity index (χ1) is 16.5. The smallest absolute Gasteiger partial charge is 0.273 e. The first-order valence-corrected chi connectivity index (χ1v) is 12.9. The van der Waals surface area contributed by atoms with Gasteiger partial charge in [-0.3, -0.25) is 14.3 Å². The summed E-state index contributed by atoms with van der Waals surface area (Å²) in [5, 5.41) is 8.00. The van der Waals surface area contributed by atoms with E-state index < -0.39 is 5.54 Å². The van der Waals surface area contributed by atoms with E-state index in [0.29, 0.717) is 25.4 Å². The van der Waals surface area contributed by atoms with Crippen LogP contribution >= 0.6 is 0 Å². The molecule has 1 unspecified atom stereocenters. The van der Waals surface area contributed by atoms with Crippen LogP contribution in [0.5, 0.6) is 5.75 Å². The molecule has 1 aromatic carbocycles. The van der Waals surface area contributed by atoms with E-state index in [1.54, 1.807) is 9.58 Å². The lowest BCUT2D eigenvalue weighted by Crippen LogP contribution is -2.64. The minimum Gasteiger partial charge on any atom is -0.494 e. The third-order valence-electron chi connectivity index (χ3n) is 7.21. The Kier molecular flexibility index (Phi) is 7.59. The number of hydrogen-bond donors (Lipinski definition) is 1. The summed E-state index contributed by atoms with van der Waals surface area (Å²) in [7, 11) is 0. The Labute approximate surface area is 202 Å². The first-order valence-electron chi connectivity index (χ1n) is 12.9. The Bertz CT molecular complexity index is 992. The first kappa shape index (κ1) is 24.3. The van der Waals surface area contributed by atoms with E-state index >= 15 is 0 Å². The molecule has 1 N–H and O–H groups in total. The molecule has 1 aliphatic heterocycles. The van der Waals surface area contributed by atoms with Gasteiger partial charge in [-0.2, -0.15) is 5.10 Å². The van der Waals surface area contributed by atoms with Gasteiger partial charge in [-0.1, -0.05) is 39.0 Å². The molecule has 1 aliphatic carbocycles. The SMILES string of the molecule is CCCCOc1ccc(-c2cc3n(n2)CC(C)(C(=O)NC2CCCCCC2)N(CC)C3=O)cc1. The summed E-state index contributed by atoms with van der Waals surface area (Å²) < 4.78 is 7.47. The van der Waals surface area contributed by atoms with Crippen molar-refractivity contribution < 1.29 is 14.3 Å². The number of carbonyl (C=O) groups excluding carboxylic acids is 2. The molecule has 0 radical (unpaired) electrons. The largest absolute Gasteiger partial charge is 0.494 e. The van der Waals surface area contributed by atoms with Crippen LogP contribution in [0.25, 0.3) is 11.3 Å². The number of rotatable bonds is 8. The van der Waals surface area contributed by atoms with Gasteiger partial charge in [0.2, 0.25) is 5.91 Å². The van der Waals surface area contributed by atoms with Gasteiger partial charge in [0, 0.05) is 18.2 Å². The maximum absolute atomic E-state index is 13.5. The van der Waals surface area contributed by atoms with Gasteiger partial charge in [-0.15, -0.1) is 0 Å². The highest BCUT2D eigenvalue weighted by Crippen LogP contribution is 2.31. The van der Waals surface area contributed by atoms with Crippen LogP contribution in [0.4, 0.5) is 0 Å². The number of carbonyl (C=O) groups is 2. The van der Waals surface area contributed by atoms with Crippen molar-refractivity contribution in [3.8, 4) is 17.0 Å². The Morgan fingerprint density at radius 2 is 1.85 bits per heavy atom. The second-order valence-corrected chi connectivity index (χ2v) is 9.78. The molecule has 1 atom stereocenters. The zero-order chi connectivity index (χ0) is 24.1. The van der Waals surface area contributed by atoms with Crippen molar-refractivity contribution in [2.24, 2.45) is 0 Å². The van der Waals surface area contributed by atoms with Crippen LogP contribution in [0.2, 0.25) is 0 Å². The van der Waals surface area contributed by atoms with Crippen LogP contribution in [0, 0.1) is 0 Å². The normalized spacial score (nSPS) is 21.1. The quantitative estimate of drug-likeness (QED) is 0.448. The molecule has 1 fully saturated rings. The molecule has 1 aromatic heterocycles. The fraction of sp³-hybridized carbons (Fsp3) is 0.593. The molecule has 2 aromatic rings.